The molecule has 8 N–H and O–H groups in total. The van der Waals surface area contributed by atoms with Crippen LogP contribution in [0.3, 0.4) is 0 Å². The highest BCUT2D eigenvalue weighted by molar-refractivity contribution is 7.14. The van der Waals surface area contributed by atoms with E-state index in [2.05, 4.69) is 58.6 Å². The minimum absolute atomic E-state index is 0.278. The number of hydrogen-bond acceptors (Lipinski definition) is 8. The lowest BCUT2D eigenvalue weighted by molar-refractivity contribution is 0.112. The molecule has 0 bridgehead atoms. The maximum atomic E-state index is 10.3. The van der Waals surface area contributed by atoms with Gasteiger partial charge in [0.2, 0.25) is 0 Å². The number of amidine groups is 1. The first-order valence-corrected chi connectivity index (χ1v) is 11.8. The summed E-state index contributed by atoms with van der Waals surface area (Å²) < 4.78 is 0. The van der Waals surface area contributed by atoms with Gasteiger partial charge in [0.15, 0.2) is 5.84 Å². The number of hydrazine groups is 1. The molecular weight excluding hydrogens is 446 g/mol. The van der Waals surface area contributed by atoms with Crippen molar-refractivity contribution in [1.29, 1.82) is 0 Å². The first kappa shape index (κ1) is 26.6. The molecule has 0 saturated carbocycles. The summed E-state index contributed by atoms with van der Waals surface area (Å²) in [5, 5.41) is 9.88. The van der Waals surface area contributed by atoms with Gasteiger partial charge in [0.1, 0.15) is 6.29 Å². The Morgan fingerprint density at radius 3 is 2.44 bits per heavy atom. The Balaban J connectivity index is 0.000000270. The van der Waals surface area contributed by atoms with E-state index in [1.54, 1.807) is 42.6 Å². The smallest absolute Gasteiger partial charge is 0.152 e. The van der Waals surface area contributed by atoms with Crippen molar-refractivity contribution in [2.75, 3.05) is 12.8 Å². The second-order valence-corrected chi connectivity index (χ2v) is 8.45. The molecule has 1 heterocycles. The van der Waals surface area contributed by atoms with Crippen molar-refractivity contribution in [3.63, 3.8) is 0 Å². The summed E-state index contributed by atoms with van der Waals surface area (Å²) in [5.41, 5.74) is 24.8. The fourth-order valence-corrected chi connectivity index (χ4v) is 4.35. The lowest BCUT2D eigenvalue weighted by atomic mass is 9.99. The number of carbonyl (C=O) groups excluding carboxylic acids is 1. The molecule has 0 atom stereocenters. The number of hydrazone groups is 2. The SMILES string of the molecule is CCCc1cc(-c2scc(/C(C)=N/NC)c2N)ccc1C.NN/N=C(\N)c1ccc(C=O)cc1. The molecule has 3 aromatic rings. The Labute approximate surface area is 204 Å². The minimum Gasteiger partial charge on any atom is -0.397 e. The van der Waals surface area contributed by atoms with Gasteiger partial charge in [0, 0.05) is 29.1 Å². The van der Waals surface area contributed by atoms with E-state index in [9.17, 15) is 4.79 Å². The van der Waals surface area contributed by atoms with Crippen molar-refractivity contribution in [2.45, 2.75) is 33.6 Å². The molecule has 34 heavy (non-hydrogen) atoms. The first-order chi connectivity index (χ1) is 16.4. The number of nitrogen functional groups attached to an aromatic ring is 1. The average molecular weight is 480 g/mol. The number of benzene rings is 2. The Hall–Kier alpha value is -3.69. The zero-order valence-electron chi connectivity index (χ0n) is 20.1. The minimum atomic E-state index is 0.278. The number of nitrogens with one attached hydrogen (secondary N) is 2. The van der Waals surface area contributed by atoms with Crippen LogP contribution in [0.2, 0.25) is 0 Å². The maximum Gasteiger partial charge on any atom is 0.152 e. The van der Waals surface area contributed by atoms with Crippen LogP contribution in [0.15, 0.2) is 58.0 Å². The van der Waals surface area contributed by atoms with Crippen LogP contribution in [0.4, 0.5) is 5.69 Å². The Morgan fingerprint density at radius 1 is 1.15 bits per heavy atom. The summed E-state index contributed by atoms with van der Waals surface area (Å²) >= 11 is 1.68. The number of carbonyl (C=O) groups is 1. The Morgan fingerprint density at radius 2 is 1.85 bits per heavy atom. The number of aldehydes is 1. The topological polar surface area (TPSA) is 144 Å². The number of anilines is 1. The zero-order valence-corrected chi connectivity index (χ0v) is 20.9. The number of nitrogens with zero attached hydrogens (tertiary/aromatic N) is 2. The molecule has 0 amide bonds. The third-order valence-corrected chi connectivity index (χ3v) is 6.20. The highest BCUT2D eigenvalue weighted by atomic mass is 32.1. The average Bonchev–Trinajstić information content (AvgIpc) is 3.23. The van der Waals surface area contributed by atoms with Crippen molar-refractivity contribution in [3.05, 3.63) is 75.7 Å². The van der Waals surface area contributed by atoms with E-state index in [0.29, 0.717) is 11.1 Å². The van der Waals surface area contributed by atoms with Gasteiger partial charge >= 0.3 is 0 Å². The third-order valence-electron chi connectivity index (χ3n) is 5.16. The van der Waals surface area contributed by atoms with E-state index in [-0.39, 0.29) is 5.84 Å². The second kappa shape index (κ2) is 13.1. The van der Waals surface area contributed by atoms with E-state index < -0.39 is 0 Å². The van der Waals surface area contributed by atoms with Crippen LogP contribution in [0.5, 0.6) is 0 Å². The molecule has 3 rings (SSSR count). The van der Waals surface area contributed by atoms with Crippen LogP contribution in [0.25, 0.3) is 10.4 Å². The van der Waals surface area contributed by atoms with Crippen LogP contribution in [-0.2, 0) is 6.42 Å². The first-order valence-electron chi connectivity index (χ1n) is 10.9. The van der Waals surface area contributed by atoms with Gasteiger partial charge in [-0.2, -0.15) is 5.10 Å². The standard InChI is InChI=1S/C17H23N3S.C8H10N4O/c1-5-6-13-9-14(8-7-11(13)2)17-16(18)15(10-21-17)12(3)20-19-4;9-8(11-12-10)7-3-1-6(5-13)2-4-7/h7-10,19H,5-6,18H2,1-4H3;1-5,12H,10H2,(H2,9,11)/b20-12+;. The predicted octanol–water partition coefficient (Wildman–Crippen LogP) is 3.78. The molecular formula is C25H33N7OS. The molecule has 0 radical (unpaired) electrons. The van der Waals surface area contributed by atoms with Gasteiger partial charge in [-0.25, -0.2) is 11.4 Å². The van der Waals surface area contributed by atoms with Gasteiger partial charge in [-0.15, -0.1) is 16.4 Å². The van der Waals surface area contributed by atoms with Crippen molar-refractivity contribution < 1.29 is 4.79 Å². The van der Waals surface area contributed by atoms with Gasteiger partial charge in [0.25, 0.3) is 0 Å². The van der Waals surface area contributed by atoms with Gasteiger partial charge in [-0.1, -0.05) is 55.8 Å². The molecule has 0 spiro atoms. The van der Waals surface area contributed by atoms with Crippen molar-refractivity contribution in [1.82, 2.24) is 11.0 Å². The van der Waals surface area contributed by atoms with Crippen LogP contribution >= 0.6 is 11.3 Å². The molecule has 2 aromatic carbocycles. The number of nitrogens with two attached hydrogens (primary N) is 3. The lowest BCUT2D eigenvalue weighted by Crippen LogP contribution is -2.22. The highest BCUT2D eigenvalue weighted by Crippen LogP contribution is 2.36. The summed E-state index contributed by atoms with van der Waals surface area (Å²) in [7, 11) is 1.80. The fourth-order valence-electron chi connectivity index (χ4n) is 3.32. The number of hydrogen-bond donors (Lipinski definition) is 5. The number of thiophene rings is 1. The summed E-state index contributed by atoms with van der Waals surface area (Å²) in [5.74, 6) is 5.23. The van der Waals surface area contributed by atoms with Crippen LogP contribution < -0.4 is 28.3 Å². The van der Waals surface area contributed by atoms with Crippen LogP contribution in [0.1, 0.15) is 52.9 Å². The quantitative estimate of drug-likeness (QED) is 0.109. The van der Waals surface area contributed by atoms with Crippen molar-refractivity contribution >= 4 is 34.9 Å². The Kier molecular flexibility index (Phi) is 10.3. The van der Waals surface area contributed by atoms with Gasteiger partial charge in [-0.05, 0) is 37.0 Å². The van der Waals surface area contributed by atoms with Crippen molar-refractivity contribution in [3.8, 4) is 10.4 Å². The molecule has 0 unspecified atom stereocenters. The number of rotatable bonds is 8. The summed E-state index contributed by atoms with van der Waals surface area (Å²) in [6, 6.07) is 13.3. The summed E-state index contributed by atoms with van der Waals surface area (Å²) in [6.07, 6.45) is 3.03. The van der Waals surface area contributed by atoms with Gasteiger partial charge < -0.3 is 16.9 Å². The maximum absolute atomic E-state index is 10.3. The molecule has 0 aliphatic heterocycles. The molecule has 0 fully saturated rings. The predicted molar refractivity (Wildman–Crippen MR) is 144 cm³/mol. The number of aryl methyl sites for hydroxylation is 2. The lowest BCUT2D eigenvalue weighted by Gasteiger charge is -2.08. The van der Waals surface area contributed by atoms with Crippen molar-refractivity contribution in [2.24, 2.45) is 21.8 Å². The highest BCUT2D eigenvalue weighted by Gasteiger charge is 2.13. The Bertz CT molecular complexity index is 1150. The van der Waals surface area contributed by atoms with E-state index in [1.165, 1.54) is 16.7 Å². The van der Waals surface area contributed by atoms with E-state index in [0.717, 1.165) is 41.0 Å². The molecule has 9 heteroatoms. The largest absolute Gasteiger partial charge is 0.397 e. The van der Waals surface area contributed by atoms with Gasteiger partial charge in [-0.3, -0.25) is 4.79 Å². The second-order valence-electron chi connectivity index (χ2n) is 7.57. The van der Waals surface area contributed by atoms with E-state index >= 15 is 0 Å². The molecule has 0 aliphatic rings. The molecule has 180 valence electrons. The normalized spacial score (nSPS) is 11.4. The molecule has 0 aliphatic carbocycles. The van der Waals surface area contributed by atoms with Crippen LogP contribution in [-0.4, -0.2) is 24.9 Å². The molecule has 1 aromatic heterocycles. The zero-order chi connectivity index (χ0) is 25.1. The molecule has 0 saturated heterocycles. The van der Waals surface area contributed by atoms with Crippen LogP contribution in [0, 0.1) is 6.92 Å². The monoisotopic (exact) mass is 479 g/mol. The van der Waals surface area contributed by atoms with E-state index in [1.807, 2.05) is 6.92 Å². The van der Waals surface area contributed by atoms with Gasteiger partial charge in [0.05, 0.1) is 16.3 Å². The third kappa shape index (κ3) is 6.90. The molecule has 8 nitrogen and oxygen atoms in total. The summed E-state index contributed by atoms with van der Waals surface area (Å²) in [4.78, 5) is 11.5. The fraction of sp³-hybridized carbons (Fsp3) is 0.240. The van der Waals surface area contributed by atoms with E-state index in [4.69, 9.17) is 17.3 Å². The summed E-state index contributed by atoms with van der Waals surface area (Å²) in [6.45, 7) is 6.35.